The van der Waals surface area contributed by atoms with Crippen LogP contribution in [0.1, 0.15) is 18.9 Å². The predicted octanol–water partition coefficient (Wildman–Crippen LogP) is 2.41. The second kappa shape index (κ2) is 6.11. The lowest BCUT2D eigenvalue weighted by Gasteiger charge is -2.24. The molecule has 0 aliphatic heterocycles. The highest BCUT2D eigenvalue weighted by Crippen LogP contribution is 2.48. The van der Waals surface area contributed by atoms with Gasteiger partial charge < -0.3 is 15.7 Å². The molecule has 2 amide bonds. The Kier molecular flexibility index (Phi) is 4.13. The average Bonchev–Trinajstić information content (AvgIpc) is 3.10. The van der Waals surface area contributed by atoms with Crippen LogP contribution >= 0.6 is 0 Å². The van der Waals surface area contributed by atoms with E-state index in [-0.39, 0.29) is 23.7 Å². The normalized spacial score (nSPS) is 27.1. The topological polar surface area (TPSA) is 95.5 Å². The molecule has 0 heterocycles. The van der Waals surface area contributed by atoms with Crippen molar-refractivity contribution in [2.24, 2.45) is 23.7 Å². The molecule has 24 heavy (non-hydrogen) atoms. The standard InChI is InChI=1S/C18H20N2O4/c1-9-3-6-13(8-14(9)19-10(2)21)20-17(22)15-11-4-5-12(7-11)16(15)18(23)24/h3-6,8,11-12,15-16H,7H2,1-2H3,(H,19,21)(H,20,22)(H,23,24). The molecule has 2 bridgehead atoms. The van der Waals surface area contributed by atoms with Gasteiger partial charge in [-0.25, -0.2) is 0 Å². The molecular formula is C18H20N2O4. The minimum atomic E-state index is -0.921. The summed E-state index contributed by atoms with van der Waals surface area (Å²) in [5.74, 6) is -2.69. The molecule has 2 aliphatic rings. The van der Waals surface area contributed by atoms with E-state index in [9.17, 15) is 19.5 Å². The molecule has 0 radical (unpaired) electrons. The Balaban J connectivity index is 1.79. The number of benzene rings is 1. The Morgan fingerprint density at radius 2 is 1.75 bits per heavy atom. The van der Waals surface area contributed by atoms with E-state index in [1.807, 2.05) is 19.1 Å². The van der Waals surface area contributed by atoms with Crippen LogP contribution in [0.15, 0.2) is 30.4 Å². The summed E-state index contributed by atoms with van der Waals surface area (Å²) in [6.07, 6.45) is 4.58. The van der Waals surface area contributed by atoms with Gasteiger partial charge in [-0.1, -0.05) is 18.2 Å². The molecule has 0 spiro atoms. The van der Waals surface area contributed by atoms with Crippen molar-refractivity contribution in [3.63, 3.8) is 0 Å². The van der Waals surface area contributed by atoms with Crippen LogP contribution in [-0.2, 0) is 14.4 Å². The van der Waals surface area contributed by atoms with Crippen LogP contribution in [0.5, 0.6) is 0 Å². The first-order valence-electron chi connectivity index (χ1n) is 7.97. The minimum Gasteiger partial charge on any atom is -0.481 e. The number of carboxylic acid groups (broad SMARTS) is 1. The first-order chi connectivity index (χ1) is 11.4. The molecule has 4 atom stereocenters. The summed E-state index contributed by atoms with van der Waals surface area (Å²) < 4.78 is 0. The smallest absolute Gasteiger partial charge is 0.307 e. The molecule has 1 saturated carbocycles. The number of carbonyl (C=O) groups excluding carboxylic acids is 2. The lowest BCUT2D eigenvalue weighted by molar-refractivity contribution is -0.146. The first-order valence-corrected chi connectivity index (χ1v) is 7.97. The van der Waals surface area contributed by atoms with Crippen LogP contribution in [0.3, 0.4) is 0 Å². The van der Waals surface area contributed by atoms with Crippen LogP contribution in [0, 0.1) is 30.6 Å². The lowest BCUT2D eigenvalue weighted by atomic mass is 9.82. The molecule has 126 valence electrons. The Hall–Kier alpha value is -2.63. The van der Waals surface area contributed by atoms with Crippen molar-refractivity contribution in [1.29, 1.82) is 0 Å². The summed E-state index contributed by atoms with van der Waals surface area (Å²) in [6, 6.07) is 5.24. The highest BCUT2D eigenvalue weighted by Gasteiger charge is 2.51. The van der Waals surface area contributed by atoms with Gasteiger partial charge in [0.15, 0.2) is 0 Å². The third kappa shape index (κ3) is 2.91. The zero-order chi connectivity index (χ0) is 17.4. The van der Waals surface area contributed by atoms with Crippen molar-refractivity contribution in [3.8, 4) is 0 Å². The van der Waals surface area contributed by atoms with E-state index >= 15 is 0 Å². The molecule has 6 nitrogen and oxygen atoms in total. The summed E-state index contributed by atoms with van der Waals surface area (Å²) in [7, 11) is 0. The molecule has 1 aromatic carbocycles. The highest BCUT2D eigenvalue weighted by atomic mass is 16.4. The highest BCUT2D eigenvalue weighted by molar-refractivity contribution is 5.97. The van der Waals surface area contributed by atoms with Gasteiger partial charge in [0.25, 0.3) is 0 Å². The quantitative estimate of drug-likeness (QED) is 0.740. The number of nitrogens with one attached hydrogen (secondary N) is 2. The fraction of sp³-hybridized carbons (Fsp3) is 0.389. The number of aryl methyl sites for hydroxylation is 1. The van der Waals surface area contributed by atoms with Crippen LogP contribution in [0.25, 0.3) is 0 Å². The van der Waals surface area contributed by atoms with Gasteiger partial charge in [0.1, 0.15) is 0 Å². The molecule has 3 rings (SSSR count). The SMILES string of the molecule is CC(=O)Nc1cc(NC(=O)C2C3C=CC(C3)C2C(=O)O)ccc1C. The Morgan fingerprint density at radius 3 is 2.38 bits per heavy atom. The number of fused-ring (bicyclic) bond motifs is 2. The number of anilines is 2. The molecule has 1 fully saturated rings. The molecule has 0 aromatic heterocycles. The minimum absolute atomic E-state index is 0.0173. The molecule has 4 unspecified atom stereocenters. The second-order valence-electron chi connectivity index (χ2n) is 6.54. The van der Waals surface area contributed by atoms with E-state index in [1.54, 1.807) is 18.2 Å². The summed E-state index contributed by atoms with van der Waals surface area (Å²) in [6.45, 7) is 3.28. The lowest BCUT2D eigenvalue weighted by Crippen LogP contribution is -2.36. The van der Waals surface area contributed by atoms with E-state index in [2.05, 4.69) is 10.6 Å². The molecule has 3 N–H and O–H groups in total. The van der Waals surface area contributed by atoms with Gasteiger partial charge in [-0.3, -0.25) is 14.4 Å². The number of hydrogen-bond donors (Lipinski definition) is 3. The third-order valence-corrected chi connectivity index (χ3v) is 4.86. The van der Waals surface area contributed by atoms with Gasteiger partial charge >= 0.3 is 5.97 Å². The van der Waals surface area contributed by atoms with Gasteiger partial charge in [0.05, 0.1) is 11.8 Å². The van der Waals surface area contributed by atoms with Crippen molar-refractivity contribution >= 4 is 29.2 Å². The number of carboxylic acids is 1. The van der Waals surface area contributed by atoms with Gasteiger partial charge in [-0.15, -0.1) is 0 Å². The Labute approximate surface area is 139 Å². The summed E-state index contributed by atoms with van der Waals surface area (Å²) >= 11 is 0. The largest absolute Gasteiger partial charge is 0.481 e. The zero-order valence-corrected chi connectivity index (χ0v) is 13.6. The summed E-state index contributed by atoms with van der Waals surface area (Å²) in [4.78, 5) is 35.4. The van der Waals surface area contributed by atoms with Gasteiger partial charge in [-0.05, 0) is 42.9 Å². The van der Waals surface area contributed by atoms with Crippen LogP contribution < -0.4 is 10.6 Å². The van der Waals surface area contributed by atoms with Crippen molar-refractivity contribution in [2.45, 2.75) is 20.3 Å². The molecule has 0 saturated heterocycles. The first kappa shape index (κ1) is 16.2. The average molecular weight is 328 g/mol. The van der Waals surface area contributed by atoms with Crippen molar-refractivity contribution < 1.29 is 19.5 Å². The molecule has 6 heteroatoms. The van der Waals surface area contributed by atoms with Crippen LogP contribution in [0.2, 0.25) is 0 Å². The van der Waals surface area contributed by atoms with Crippen molar-refractivity contribution in [2.75, 3.05) is 10.6 Å². The molecule has 1 aromatic rings. The van der Waals surface area contributed by atoms with Gasteiger partial charge in [-0.2, -0.15) is 0 Å². The van der Waals surface area contributed by atoms with Crippen molar-refractivity contribution in [1.82, 2.24) is 0 Å². The monoisotopic (exact) mass is 328 g/mol. The van der Waals surface area contributed by atoms with Gasteiger partial charge in [0.2, 0.25) is 11.8 Å². The second-order valence-corrected chi connectivity index (χ2v) is 6.54. The van der Waals surface area contributed by atoms with E-state index in [0.717, 1.165) is 12.0 Å². The van der Waals surface area contributed by atoms with Gasteiger partial charge in [0, 0.05) is 18.3 Å². The summed E-state index contributed by atoms with van der Waals surface area (Å²) in [5, 5.41) is 15.0. The number of allylic oxidation sites excluding steroid dienone is 2. The maximum Gasteiger partial charge on any atom is 0.307 e. The van der Waals surface area contributed by atoms with Crippen LogP contribution in [0.4, 0.5) is 11.4 Å². The Bertz CT molecular complexity index is 741. The third-order valence-electron chi connectivity index (χ3n) is 4.86. The fourth-order valence-electron chi connectivity index (χ4n) is 3.77. The van der Waals surface area contributed by atoms with E-state index in [4.69, 9.17) is 0 Å². The van der Waals surface area contributed by atoms with Crippen LogP contribution in [-0.4, -0.2) is 22.9 Å². The maximum atomic E-state index is 12.6. The molecule has 2 aliphatic carbocycles. The zero-order valence-electron chi connectivity index (χ0n) is 13.6. The molecular weight excluding hydrogens is 308 g/mol. The van der Waals surface area contributed by atoms with E-state index in [1.165, 1.54) is 6.92 Å². The number of carbonyl (C=O) groups is 3. The summed E-state index contributed by atoms with van der Waals surface area (Å²) in [5.41, 5.74) is 2.06. The van der Waals surface area contributed by atoms with Crippen molar-refractivity contribution in [3.05, 3.63) is 35.9 Å². The van der Waals surface area contributed by atoms with E-state index < -0.39 is 17.8 Å². The Morgan fingerprint density at radius 1 is 1.08 bits per heavy atom. The van der Waals surface area contributed by atoms with E-state index in [0.29, 0.717) is 11.4 Å². The number of hydrogen-bond acceptors (Lipinski definition) is 3. The number of aliphatic carboxylic acids is 1. The number of amides is 2. The fourth-order valence-corrected chi connectivity index (χ4v) is 3.77. The number of rotatable bonds is 4. The predicted molar refractivity (Wildman–Crippen MR) is 89.5 cm³/mol. The maximum absolute atomic E-state index is 12.6.